The van der Waals surface area contributed by atoms with Crippen molar-refractivity contribution in [2.75, 3.05) is 0 Å². The lowest BCUT2D eigenvalue weighted by Gasteiger charge is -2.25. The van der Waals surface area contributed by atoms with Crippen molar-refractivity contribution < 1.29 is 4.74 Å². The summed E-state index contributed by atoms with van der Waals surface area (Å²) in [6.07, 6.45) is 6.06. The molecule has 0 saturated heterocycles. The molecule has 1 unspecified atom stereocenters. The Morgan fingerprint density at radius 2 is 2.08 bits per heavy atom. The molecule has 0 aliphatic carbocycles. The lowest BCUT2D eigenvalue weighted by Crippen LogP contribution is -2.37. The van der Waals surface area contributed by atoms with Crippen molar-refractivity contribution in [1.82, 2.24) is 24.6 Å². The fraction of sp³-hybridized carbons (Fsp3) is 0.368. The number of rotatable bonds is 5. The Morgan fingerprint density at radius 1 is 1.27 bits per heavy atom. The topological polar surface area (TPSA) is 56.9 Å². The van der Waals surface area contributed by atoms with Gasteiger partial charge in [0.2, 0.25) is 5.88 Å². The Labute approximate surface area is 159 Å². The van der Waals surface area contributed by atoms with Crippen LogP contribution in [0.2, 0.25) is 0 Å². The van der Waals surface area contributed by atoms with Gasteiger partial charge in [0.05, 0.1) is 11.3 Å². The van der Waals surface area contributed by atoms with Crippen LogP contribution in [0.15, 0.2) is 42.7 Å². The first kappa shape index (κ1) is 18.5. The number of fused-ring (bicyclic) bond motifs is 1. The molecule has 1 atom stereocenters. The number of aromatic nitrogens is 4. The minimum absolute atomic E-state index is 0. The van der Waals surface area contributed by atoms with Crippen LogP contribution in [-0.2, 0) is 26.6 Å². The number of ether oxygens (including phenoxy) is 1. The number of para-hydroxylation sites is 1. The van der Waals surface area contributed by atoms with Gasteiger partial charge in [0.25, 0.3) is 0 Å². The van der Waals surface area contributed by atoms with Gasteiger partial charge in [-0.15, -0.1) is 12.4 Å². The molecule has 4 rings (SSSR count). The first-order valence-corrected chi connectivity index (χ1v) is 8.69. The molecule has 1 aliphatic heterocycles. The van der Waals surface area contributed by atoms with E-state index < -0.39 is 0 Å². The van der Waals surface area contributed by atoms with Gasteiger partial charge in [0, 0.05) is 45.0 Å². The number of aryl methyl sites for hydroxylation is 3. The smallest absolute Gasteiger partial charge is 0.222 e. The van der Waals surface area contributed by atoms with Crippen molar-refractivity contribution in [3.63, 3.8) is 0 Å². The second-order valence-electron chi connectivity index (χ2n) is 6.52. The fourth-order valence-corrected chi connectivity index (χ4v) is 3.39. The van der Waals surface area contributed by atoms with Crippen LogP contribution in [0.25, 0.3) is 0 Å². The molecule has 0 saturated carbocycles. The second-order valence-corrected chi connectivity index (χ2v) is 6.52. The van der Waals surface area contributed by atoms with Crippen LogP contribution < -0.4 is 10.1 Å². The van der Waals surface area contributed by atoms with E-state index in [1.807, 2.05) is 55.2 Å². The summed E-state index contributed by atoms with van der Waals surface area (Å²) >= 11 is 0. The summed E-state index contributed by atoms with van der Waals surface area (Å²) in [5.74, 6) is 2.81. The van der Waals surface area contributed by atoms with Crippen molar-refractivity contribution in [2.24, 2.45) is 7.05 Å². The Bertz CT molecular complexity index is 858. The maximum absolute atomic E-state index is 6.09. The lowest BCUT2D eigenvalue weighted by atomic mass is 10.1. The molecule has 1 aliphatic rings. The van der Waals surface area contributed by atoms with Crippen LogP contribution in [-0.4, -0.2) is 25.4 Å². The molecule has 3 heterocycles. The van der Waals surface area contributed by atoms with Crippen molar-refractivity contribution in [3.05, 3.63) is 59.8 Å². The van der Waals surface area contributed by atoms with E-state index in [2.05, 4.69) is 26.2 Å². The zero-order valence-corrected chi connectivity index (χ0v) is 15.9. The summed E-state index contributed by atoms with van der Waals surface area (Å²) in [5, 5.41) is 8.20. The average molecular weight is 374 g/mol. The summed E-state index contributed by atoms with van der Waals surface area (Å²) in [6.45, 7) is 3.74. The quantitative estimate of drug-likeness (QED) is 0.745. The molecule has 138 valence electrons. The molecule has 0 spiro atoms. The number of nitrogens with zero attached hydrogens (tertiary/aromatic N) is 4. The predicted octanol–water partition coefficient (Wildman–Crippen LogP) is 3.24. The zero-order chi connectivity index (χ0) is 17.2. The van der Waals surface area contributed by atoms with Gasteiger partial charge in [-0.25, -0.2) is 9.67 Å². The third-order valence-electron chi connectivity index (χ3n) is 4.75. The van der Waals surface area contributed by atoms with Gasteiger partial charge in [0.1, 0.15) is 11.6 Å². The molecular formula is C19H24ClN5O. The molecule has 0 amide bonds. The minimum Gasteiger partial charge on any atom is -0.439 e. The third-order valence-corrected chi connectivity index (χ3v) is 4.75. The van der Waals surface area contributed by atoms with E-state index >= 15 is 0 Å². The van der Waals surface area contributed by atoms with Crippen LogP contribution in [0.3, 0.4) is 0 Å². The highest BCUT2D eigenvalue weighted by atomic mass is 35.5. The van der Waals surface area contributed by atoms with Gasteiger partial charge in [-0.05, 0) is 25.5 Å². The summed E-state index contributed by atoms with van der Waals surface area (Å²) in [5.41, 5.74) is 2.11. The van der Waals surface area contributed by atoms with Crippen molar-refractivity contribution in [1.29, 1.82) is 0 Å². The monoisotopic (exact) mass is 373 g/mol. The number of nitrogens with one attached hydrogen (secondary N) is 1. The Balaban J connectivity index is 0.00000196. The molecule has 0 fully saturated rings. The molecule has 7 heteroatoms. The molecular weight excluding hydrogens is 350 g/mol. The van der Waals surface area contributed by atoms with E-state index in [1.54, 1.807) is 0 Å². The first-order valence-electron chi connectivity index (χ1n) is 8.69. The highest BCUT2D eigenvalue weighted by Crippen LogP contribution is 2.27. The van der Waals surface area contributed by atoms with Gasteiger partial charge in [-0.2, -0.15) is 5.10 Å². The number of hydrogen-bond donors (Lipinski definition) is 1. The Kier molecular flexibility index (Phi) is 5.64. The fourth-order valence-electron chi connectivity index (χ4n) is 3.39. The maximum atomic E-state index is 6.09. The van der Waals surface area contributed by atoms with Crippen LogP contribution >= 0.6 is 12.4 Å². The maximum Gasteiger partial charge on any atom is 0.222 e. The minimum atomic E-state index is 0. The van der Waals surface area contributed by atoms with Crippen LogP contribution in [0, 0.1) is 6.92 Å². The van der Waals surface area contributed by atoms with E-state index in [-0.39, 0.29) is 12.4 Å². The van der Waals surface area contributed by atoms with Crippen LogP contribution in [0.4, 0.5) is 0 Å². The summed E-state index contributed by atoms with van der Waals surface area (Å²) in [4.78, 5) is 4.39. The Hall–Kier alpha value is -2.31. The molecule has 3 aromatic rings. The van der Waals surface area contributed by atoms with E-state index in [9.17, 15) is 0 Å². The van der Waals surface area contributed by atoms with E-state index in [4.69, 9.17) is 4.74 Å². The summed E-state index contributed by atoms with van der Waals surface area (Å²) in [7, 11) is 1.92. The van der Waals surface area contributed by atoms with E-state index in [1.165, 1.54) is 5.82 Å². The highest BCUT2D eigenvalue weighted by Gasteiger charge is 2.21. The average Bonchev–Trinajstić information content (AvgIpc) is 3.18. The number of hydrogen-bond acceptors (Lipinski definition) is 4. The molecule has 1 aromatic carbocycles. The van der Waals surface area contributed by atoms with Crippen molar-refractivity contribution in [2.45, 2.75) is 38.9 Å². The summed E-state index contributed by atoms with van der Waals surface area (Å²) in [6, 6.07) is 10.3. The van der Waals surface area contributed by atoms with Crippen LogP contribution in [0.1, 0.15) is 23.5 Å². The molecule has 0 bridgehead atoms. The van der Waals surface area contributed by atoms with Crippen molar-refractivity contribution >= 4 is 12.4 Å². The highest BCUT2D eigenvalue weighted by molar-refractivity contribution is 5.85. The van der Waals surface area contributed by atoms with Gasteiger partial charge in [-0.1, -0.05) is 18.2 Å². The SMILES string of the molecule is Cc1nn(C)c(Oc2ccccc2)c1CNC1CCc2nccn2C1.Cl. The molecule has 26 heavy (non-hydrogen) atoms. The van der Waals surface area contributed by atoms with Gasteiger partial charge in [0.15, 0.2) is 0 Å². The first-order chi connectivity index (χ1) is 12.2. The van der Waals surface area contributed by atoms with Gasteiger partial charge in [-0.3, -0.25) is 0 Å². The van der Waals surface area contributed by atoms with Crippen molar-refractivity contribution in [3.8, 4) is 11.6 Å². The van der Waals surface area contributed by atoms with Crippen LogP contribution in [0.5, 0.6) is 11.6 Å². The number of benzene rings is 1. The van der Waals surface area contributed by atoms with E-state index in [0.717, 1.165) is 48.8 Å². The normalized spacial score (nSPS) is 16.0. The lowest BCUT2D eigenvalue weighted by molar-refractivity contribution is 0.373. The second kappa shape index (κ2) is 7.93. The molecule has 2 aromatic heterocycles. The molecule has 1 N–H and O–H groups in total. The largest absolute Gasteiger partial charge is 0.439 e. The van der Waals surface area contributed by atoms with Gasteiger partial charge >= 0.3 is 0 Å². The van der Waals surface area contributed by atoms with E-state index in [0.29, 0.717) is 6.04 Å². The Morgan fingerprint density at radius 3 is 2.88 bits per heavy atom. The number of imidazole rings is 1. The molecule has 6 nitrogen and oxygen atoms in total. The zero-order valence-electron chi connectivity index (χ0n) is 15.1. The number of halogens is 1. The molecule has 0 radical (unpaired) electrons. The van der Waals surface area contributed by atoms with Gasteiger partial charge < -0.3 is 14.6 Å². The predicted molar refractivity (Wildman–Crippen MR) is 103 cm³/mol. The standard InChI is InChI=1S/C19H23N5O.ClH/c1-14-17(12-21-15-8-9-18-20-10-11-24(18)13-15)19(23(2)22-14)25-16-6-4-3-5-7-16;/h3-7,10-11,15,21H,8-9,12-13H2,1-2H3;1H. The summed E-state index contributed by atoms with van der Waals surface area (Å²) < 4.78 is 10.1. The third kappa shape index (κ3) is 3.76.